The molecule has 0 fully saturated rings. The number of nitrogens with zero attached hydrogens (tertiary/aromatic N) is 2. The Balaban J connectivity index is 1.83. The van der Waals surface area contributed by atoms with E-state index in [1.165, 1.54) is 42.3 Å². The lowest BCUT2D eigenvalue weighted by Gasteiger charge is -2.34. The highest BCUT2D eigenvalue weighted by Gasteiger charge is 2.35. The fourth-order valence-electron chi connectivity index (χ4n) is 4.86. The van der Waals surface area contributed by atoms with E-state index in [0.29, 0.717) is 22.8 Å². The molecule has 2 atom stereocenters. The average Bonchev–Trinajstić information content (AvgIpc) is 3.06. The average molecular weight is 683 g/mol. The van der Waals surface area contributed by atoms with Gasteiger partial charge in [0, 0.05) is 24.0 Å². The second kappa shape index (κ2) is 16.0. The van der Waals surface area contributed by atoms with Gasteiger partial charge < -0.3 is 15.0 Å². The van der Waals surface area contributed by atoms with E-state index in [1.54, 1.807) is 42.5 Å². The van der Waals surface area contributed by atoms with Crippen LogP contribution in [0.1, 0.15) is 31.4 Å². The molecule has 4 aromatic rings. The minimum absolute atomic E-state index is 0.0113. The van der Waals surface area contributed by atoms with Gasteiger partial charge in [-0.3, -0.25) is 13.9 Å². The molecule has 0 bridgehead atoms. The molecule has 0 heterocycles. The molecule has 0 unspecified atom stereocenters. The van der Waals surface area contributed by atoms with Crippen LogP contribution in [0.4, 0.5) is 5.69 Å². The van der Waals surface area contributed by atoms with E-state index >= 15 is 0 Å². The molecule has 0 spiro atoms. The van der Waals surface area contributed by atoms with Gasteiger partial charge in [0.1, 0.15) is 18.3 Å². The molecule has 4 aromatic carbocycles. The first-order valence-corrected chi connectivity index (χ1v) is 17.0. The summed E-state index contributed by atoms with van der Waals surface area (Å²) in [5, 5.41) is 3.60. The van der Waals surface area contributed by atoms with Crippen LogP contribution in [-0.2, 0) is 32.6 Å². The van der Waals surface area contributed by atoms with E-state index in [-0.39, 0.29) is 40.5 Å². The number of sulfonamides is 1. The SMILES string of the molecule is CC[C@@H](C)NC(=O)[C@@H](Cc1ccccc1)N(Cc1ccccc1Cl)C(=O)CN(c1ccc(OC)c(Cl)c1)S(=O)(=O)c1ccccc1. The summed E-state index contributed by atoms with van der Waals surface area (Å²) < 4.78 is 34.5. The Labute approximate surface area is 280 Å². The largest absolute Gasteiger partial charge is 0.495 e. The van der Waals surface area contributed by atoms with Crippen molar-refractivity contribution < 1.29 is 22.7 Å². The molecular weight excluding hydrogens is 645 g/mol. The smallest absolute Gasteiger partial charge is 0.264 e. The van der Waals surface area contributed by atoms with Gasteiger partial charge in [-0.2, -0.15) is 0 Å². The maximum Gasteiger partial charge on any atom is 0.264 e. The van der Waals surface area contributed by atoms with Gasteiger partial charge in [0.05, 0.1) is 22.7 Å². The Bertz CT molecular complexity index is 1740. The molecular formula is C35H37Cl2N3O5S. The van der Waals surface area contributed by atoms with Crippen LogP contribution in [0.2, 0.25) is 10.0 Å². The number of carbonyl (C=O) groups excluding carboxylic acids is 2. The number of ether oxygens (including phenoxy) is 1. The molecule has 46 heavy (non-hydrogen) atoms. The summed E-state index contributed by atoms with van der Waals surface area (Å²) in [5.41, 5.74) is 1.60. The highest BCUT2D eigenvalue weighted by atomic mass is 35.5. The van der Waals surface area contributed by atoms with Crippen LogP contribution in [0.3, 0.4) is 0 Å². The van der Waals surface area contributed by atoms with Crippen LogP contribution in [-0.4, -0.2) is 50.9 Å². The normalized spacial score (nSPS) is 12.5. The third-order valence-corrected chi connectivity index (χ3v) is 10.1. The number of nitrogens with one attached hydrogen (secondary N) is 1. The molecule has 0 saturated carbocycles. The number of hydrogen-bond donors (Lipinski definition) is 1. The van der Waals surface area contributed by atoms with E-state index in [0.717, 1.165) is 9.87 Å². The number of rotatable bonds is 14. The van der Waals surface area contributed by atoms with Crippen LogP contribution in [0, 0.1) is 0 Å². The Hall–Kier alpha value is -4.05. The van der Waals surface area contributed by atoms with E-state index < -0.39 is 28.5 Å². The maximum atomic E-state index is 14.6. The minimum Gasteiger partial charge on any atom is -0.495 e. The lowest BCUT2D eigenvalue weighted by atomic mass is 10.0. The van der Waals surface area contributed by atoms with Crippen LogP contribution in [0.15, 0.2) is 108 Å². The third-order valence-electron chi connectivity index (χ3n) is 7.60. The molecule has 2 amide bonds. The van der Waals surface area contributed by atoms with Crippen molar-refractivity contribution in [2.75, 3.05) is 18.0 Å². The van der Waals surface area contributed by atoms with Gasteiger partial charge in [-0.15, -0.1) is 0 Å². The quantitative estimate of drug-likeness (QED) is 0.159. The first-order chi connectivity index (χ1) is 22.0. The Morgan fingerprint density at radius 1 is 0.870 bits per heavy atom. The molecule has 0 aliphatic carbocycles. The molecule has 242 valence electrons. The number of amides is 2. The van der Waals surface area contributed by atoms with Gasteiger partial charge in [-0.05, 0) is 60.9 Å². The number of anilines is 1. The van der Waals surface area contributed by atoms with Crippen molar-refractivity contribution in [2.45, 2.75) is 50.2 Å². The lowest BCUT2D eigenvalue weighted by Crippen LogP contribution is -2.54. The number of hydrogen-bond acceptors (Lipinski definition) is 5. The van der Waals surface area contributed by atoms with E-state index in [2.05, 4.69) is 5.32 Å². The van der Waals surface area contributed by atoms with Gasteiger partial charge in [0.15, 0.2) is 0 Å². The minimum atomic E-state index is -4.27. The fraction of sp³-hybridized carbons (Fsp3) is 0.257. The predicted molar refractivity (Wildman–Crippen MR) is 183 cm³/mol. The summed E-state index contributed by atoms with van der Waals surface area (Å²) in [6, 6.07) is 27.6. The number of carbonyl (C=O) groups is 2. The van der Waals surface area contributed by atoms with Crippen molar-refractivity contribution in [3.05, 3.63) is 124 Å². The van der Waals surface area contributed by atoms with Crippen LogP contribution < -0.4 is 14.4 Å². The second-order valence-electron chi connectivity index (χ2n) is 10.8. The van der Waals surface area contributed by atoms with E-state index in [9.17, 15) is 18.0 Å². The first-order valence-electron chi connectivity index (χ1n) is 14.8. The number of halogens is 2. The molecule has 0 saturated heterocycles. The van der Waals surface area contributed by atoms with Crippen molar-refractivity contribution in [3.63, 3.8) is 0 Å². The molecule has 4 rings (SSSR count). The standard InChI is InChI=1S/C35H37Cl2N3O5S/c1-4-25(2)38-35(42)32(21-26-13-7-5-8-14-26)39(23-27-15-11-12-18-30(27)36)34(41)24-40(28-19-20-33(45-3)31(37)22-28)46(43,44)29-16-9-6-10-17-29/h5-20,22,25,32H,4,21,23-24H2,1-3H3,(H,38,42)/t25-,32-/m1/s1. The van der Waals surface area contributed by atoms with E-state index in [1.807, 2.05) is 44.2 Å². The van der Waals surface area contributed by atoms with Gasteiger partial charge in [0.2, 0.25) is 11.8 Å². The maximum absolute atomic E-state index is 14.6. The van der Waals surface area contributed by atoms with Gasteiger partial charge >= 0.3 is 0 Å². The van der Waals surface area contributed by atoms with Gasteiger partial charge in [0.25, 0.3) is 10.0 Å². The Morgan fingerprint density at radius 3 is 2.11 bits per heavy atom. The highest BCUT2D eigenvalue weighted by Crippen LogP contribution is 2.32. The molecule has 11 heteroatoms. The summed E-state index contributed by atoms with van der Waals surface area (Å²) in [6.45, 7) is 3.19. The molecule has 0 radical (unpaired) electrons. The lowest BCUT2D eigenvalue weighted by molar-refractivity contribution is -0.140. The Morgan fingerprint density at radius 2 is 1.50 bits per heavy atom. The molecule has 1 N–H and O–H groups in total. The third kappa shape index (κ3) is 8.60. The summed E-state index contributed by atoms with van der Waals surface area (Å²) in [6.07, 6.45) is 0.878. The topological polar surface area (TPSA) is 96.0 Å². The number of benzene rings is 4. The first kappa shape index (κ1) is 34.8. The number of methoxy groups -OCH3 is 1. The van der Waals surface area contributed by atoms with Crippen molar-refractivity contribution in [1.29, 1.82) is 0 Å². The zero-order valence-electron chi connectivity index (χ0n) is 25.9. The zero-order chi connectivity index (χ0) is 33.3. The highest BCUT2D eigenvalue weighted by molar-refractivity contribution is 7.92. The van der Waals surface area contributed by atoms with Crippen LogP contribution in [0.25, 0.3) is 0 Å². The summed E-state index contributed by atoms with van der Waals surface area (Å²) in [4.78, 5) is 29.9. The van der Waals surface area contributed by atoms with Crippen molar-refractivity contribution in [2.24, 2.45) is 0 Å². The van der Waals surface area contributed by atoms with Crippen LogP contribution in [0.5, 0.6) is 5.75 Å². The summed E-state index contributed by atoms with van der Waals surface area (Å²) in [5.74, 6) is -0.617. The molecule has 0 aromatic heterocycles. The predicted octanol–water partition coefficient (Wildman–Crippen LogP) is 6.75. The molecule has 0 aliphatic rings. The van der Waals surface area contributed by atoms with Gasteiger partial charge in [-0.25, -0.2) is 8.42 Å². The van der Waals surface area contributed by atoms with Crippen molar-refractivity contribution in [1.82, 2.24) is 10.2 Å². The van der Waals surface area contributed by atoms with Crippen molar-refractivity contribution in [3.8, 4) is 5.75 Å². The molecule has 8 nitrogen and oxygen atoms in total. The summed E-state index contributed by atoms with van der Waals surface area (Å²) >= 11 is 13.0. The second-order valence-corrected chi connectivity index (χ2v) is 13.5. The fourth-order valence-corrected chi connectivity index (χ4v) is 6.74. The van der Waals surface area contributed by atoms with E-state index in [4.69, 9.17) is 27.9 Å². The molecule has 0 aliphatic heterocycles. The monoisotopic (exact) mass is 681 g/mol. The van der Waals surface area contributed by atoms with Gasteiger partial charge in [-0.1, -0.05) is 96.9 Å². The summed E-state index contributed by atoms with van der Waals surface area (Å²) in [7, 11) is -2.82. The zero-order valence-corrected chi connectivity index (χ0v) is 28.2. The van der Waals surface area contributed by atoms with Crippen molar-refractivity contribution >= 4 is 50.7 Å². The van der Waals surface area contributed by atoms with Crippen LogP contribution >= 0.6 is 23.2 Å². The Kier molecular flexibility index (Phi) is 12.1.